The maximum atomic E-state index is 13.0. The maximum Gasteiger partial charge on any atom is 0.265 e. The first-order valence-corrected chi connectivity index (χ1v) is 11.7. The van der Waals surface area contributed by atoms with Gasteiger partial charge >= 0.3 is 0 Å². The largest absolute Gasteiger partial charge is 0.338 e. The minimum Gasteiger partial charge on any atom is -0.338 e. The van der Waals surface area contributed by atoms with Gasteiger partial charge in [0, 0.05) is 24.6 Å². The van der Waals surface area contributed by atoms with Crippen LogP contribution in [-0.4, -0.2) is 34.7 Å². The average Bonchev–Trinajstić information content (AvgIpc) is 3.39. The summed E-state index contributed by atoms with van der Waals surface area (Å²) in [4.78, 5) is 34.0. The Morgan fingerprint density at radius 3 is 2.55 bits per heavy atom. The highest BCUT2D eigenvalue weighted by Gasteiger charge is 2.30. The summed E-state index contributed by atoms with van der Waals surface area (Å²) in [6.07, 6.45) is 1.28. The smallest absolute Gasteiger partial charge is 0.265 e. The lowest BCUT2D eigenvalue weighted by atomic mass is 9.89. The van der Waals surface area contributed by atoms with Crippen LogP contribution in [0.1, 0.15) is 38.6 Å². The van der Waals surface area contributed by atoms with E-state index in [1.807, 2.05) is 29.3 Å². The van der Waals surface area contributed by atoms with Crippen LogP contribution in [0.4, 0.5) is 0 Å². The Bertz CT molecular complexity index is 1050. The second kappa shape index (κ2) is 8.56. The fourth-order valence-electron chi connectivity index (χ4n) is 3.47. The molecule has 1 aromatic carbocycles. The Hall–Kier alpha value is -1.73. The average molecular weight is 465 g/mol. The molecule has 0 unspecified atom stereocenters. The zero-order valence-corrected chi connectivity index (χ0v) is 18.8. The van der Waals surface area contributed by atoms with Crippen LogP contribution in [0.5, 0.6) is 0 Å². The number of piperidine rings is 1. The van der Waals surface area contributed by atoms with Gasteiger partial charge in [-0.05, 0) is 49.4 Å². The van der Waals surface area contributed by atoms with Gasteiger partial charge < -0.3 is 4.90 Å². The number of aryl methyl sites for hydroxylation is 1. The zero-order valence-electron chi connectivity index (χ0n) is 15.7. The number of aromatic nitrogens is 1. The van der Waals surface area contributed by atoms with E-state index in [-0.39, 0.29) is 17.6 Å². The summed E-state index contributed by atoms with van der Waals surface area (Å²) in [5, 5.41) is 3.70. The highest BCUT2D eigenvalue weighted by atomic mass is 35.5. The molecule has 3 heterocycles. The molecule has 1 aliphatic rings. The van der Waals surface area contributed by atoms with Crippen molar-refractivity contribution in [3.05, 3.63) is 61.9 Å². The van der Waals surface area contributed by atoms with Gasteiger partial charge in [0.05, 0.1) is 20.6 Å². The predicted molar refractivity (Wildman–Crippen MR) is 120 cm³/mol. The molecular weight excluding hydrogens is 447 g/mol. The lowest BCUT2D eigenvalue weighted by Gasteiger charge is -2.31. The number of carbonyl (C=O) groups excluding carboxylic acids is 2. The van der Waals surface area contributed by atoms with Crippen LogP contribution in [0, 0.1) is 12.8 Å². The van der Waals surface area contributed by atoms with Crippen LogP contribution in [0.25, 0.3) is 9.88 Å². The quantitative estimate of drug-likeness (QED) is 0.430. The minimum atomic E-state index is -0.111. The summed E-state index contributed by atoms with van der Waals surface area (Å²) >= 11 is 15.0. The van der Waals surface area contributed by atoms with Gasteiger partial charge in [0.1, 0.15) is 9.88 Å². The third kappa shape index (κ3) is 4.26. The van der Waals surface area contributed by atoms with E-state index in [1.54, 1.807) is 29.5 Å². The summed E-state index contributed by atoms with van der Waals surface area (Å²) < 4.78 is 0. The van der Waals surface area contributed by atoms with Crippen LogP contribution in [0.3, 0.4) is 0 Å². The number of carbonyl (C=O) groups is 2. The number of thiazole rings is 1. The van der Waals surface area contributed by atoms with Crippen molar-refractivity contribution in [2.24, 2.45) is 5.92 Å². The number of rotatable bonds is 4. The first-order chi connectivity index (χ1) is 13.9. The number of hydrogen-bond donors (Lipinski definition) is 0. The number of nitrogens with zero attached hydrogens (tertiary/aromatic N) is 2. The summed E-state index contributed by atoms with van der Waals surface area (Å²) in [6.45, 7) is 2.99. The molecule has 29 heavy (non-hydrogen) atoms. The monoisotopic (exact) mass is 464 g/mol. The topological polar surface area (TPSA) is 50.3 Å². The van der Waals surface area contributed by atoms with Gasteiger partial charge in [-0.15, -0.1) is 22.7 Å². The van der Waals surface area contributed by atoms with Crippen molar-refractivity contribution in [1.82, 2.24) is 9.88 Å². The normalized spacial score (nSPS) is 14.9. The molecule has 3 aromatic rings. The molecule has 4 rings (SSSR count). The fraction of sp³-hybridized carbons (Fsp3) is 0.286. The van der Waals surface area contributed by atoms with Crippen molar-refractivity contribution >= 4 is 57.6 Å². The second-order valence-corrected chi connectivity index (χ2v) is 9.73. The number of thiophene rings is 1. The molecule has 0 N–H and O–H groups in total. The van der Waals surface area contributed by atoms with Gasteiger partial charge in [-0.3, -0.25) is 9.59 Å². The summed E-state index contributed by atoms with van der Waals surface area (Å²) in [5.74, 6) is -0.0478. The third-order valence-corrected chi connectivity index (χ3v) is 8.00. The molecule has 0 atom stereocenters. The Kier molecular flexibility index (Phi) is 6.06. The number of benzene rings is 1. The van der Waals surface area contributed by atoms with Crippen molar-refractivity contribution in [3.8, 4) is 9.88 Å². The molecule has 1 aliphatic heterocycles. The lowest BCUT2D eigenvalue weighted by Crippen LogP contribution is -2.40. The van der Waals surface area contributed by atoms with E-state index in [2.05, 4.69) is 4.98 Å². The third-order valence-electron chi connectivity index (χ3n) is 5.08. The summed E-state index contributed by atoms with van der Waals surface area (Å²) in [7, 11) is 0. The molecular formula is C21H18Cl2N2O2S2. The van der Waals surface area contributed by atoms with E-state index < -0.39 is 0 Å². The van der Waals surface area contributed by atoms with Crippen LogP contribution in [-0.2, 0) is 0 Å². The maximum absolute atomic E-state index is 13.0. The lowest BCUT2D eigenvalue weighted by molar-refractivity contribution is 0.0653. The number of amides is 1. The molecule has 1 fully saturated rings. The van der Waals surface area contributed by atoms with Crippen LogP contribution < -0.4 is 0 Å². The number of ketones is 1. The number of likely N-dealkylation sites (tertiary alicyclic amines) is 1. The number of hydrogen-bond acceptors (Lipinski definition) is 5. The van der Waals surface area contributed by atoms with Gasteiger partial charge in [-0.2, -0.15) is 0 Å². The van der Waals surface area contributed by atoms with Crippen molar-refractivity contribution in [2.75, 3.05) is 13.1 Å². The Labute approximate surface area is 187 Å². The highest BCUT2D eigenvalue weighted by Crippen LogP contribution is 2.33. The van der Waals surface area contributed by atoms with Crippen LogP contribution >= 0.6 is 45.9 Å². The molecule has 0 spiro atoms. The van der Waals surface area contributed by atoms with Gasteiger partial charge in [0.2, 0.25) is 0 Å². The Morgan fingerprint density at radius 1 is 1.14 bits per heavy atom. The SMILES string of the molecule is Cc1nc(-c2cccs2)sc1C(=O)N1CCC(C(=O)c2ccc(Cl)c(Cl)c2)CC1. The van der Waals surface area contributed by atoms with E-state index in [4.69, 9.17) is 23.2 Å². The summed E-state index contributed by atoms with van der Waals surface area (Å²) in [5.41, 5.74) is 1.33. The van der Waals surface area contributed by atoms with E-state index in [0.717, 1.165) is 15.6 Å². The second-order valence-electron chi connectivity index (χ2n) is 6.97. The van der Waals surface area contributed by atoms with E-state index in [1.165, 1.54) is 11.3 Å². The molecule has 0 radical (unpaired) electrons. The first kappa shape index (κ1) is 20.5. The molecule has 8 heteroatoms. The molecule has 0 bridgehead atoms. The van der Waals surface area contributed by atoms with Crippen molar-refractivity contribution in [1.29, 1.82) is 0 Å². The van der Waals surface area contributed by atoms with E-state index in [9.17, 15) is 9.59 Å². The zero-order chi connectivity index (χ0) is 20.5. The van der Waals surface area contributed by atoms with E-state index >= 15 is 0 Å². The van der Waals surface area contributed by atoms with Gasteiger partial charge in [0.15, 0.2) is 5.78 Å². The minimum absolute atomic E-state index is 0.00300. The Balaban J connectivity index is 1.42. The van der Waals surface area contributed by atoms with Gasteiger partial charge in [-0.25, -0.2) is 4.98 Å². The van der Waals surface area contributed by atoms with Gasteiger partial charge in [0.25, 0.3) is 5.91 Å². The first-order valence-electron chi connectivity index (χ1n) is 9.24. The van der Waals surface area contributed by atoms with Crippen molar-refractivity contribution in [3.63, 3.8) is 0 Å². The predicted octanol–water partition coefficient (Wildman–Crippen LogP) is 6.22. The summed E-state index contributed by atoms with van der Waals surface area (Å²) in [6, 6.07) is 8.97. The van der Waals surface area contributed by atoms with E-state index in [0.29, 0.717) is 46.4 Å². The molecule has 0 saturated carbocycles. The molecule has 1 saturated heterocycles. The molecule has 1 amide bonds. The molecule has 0 aliphatic carbocycles. The van der Waals surface area contributed by atoms with Crippen LogP contribution in [0.15, 0.2) is 35.7 Å². The van der Waals surface area contributed by atoms with Crippen LogP contribution in [0.2, 0.25) is 10.0 Å². The number of halogens is 2. The Morgan fingerprint density at radius 2 is 1.90 bits per heavy atom. The molecule has 2 aromatic heterocycles. The molecule has 4 nitrogen and oxygen atoms in total. The number of Topliss-reactive ketones (excluding diaryl/α,β-unsaturated/α-hetero) is 1. The fourth-order valence-corrected chi connectivity index (χ4v) is 5.60. The molecule has 150 valence electrons. The standard InChI is InChI=1S/C21H18Cl2N2O2S2/c1-12-19(29-20(24-12)17-3-2-10-28-17)21(27)25-8-6-13(7-9-25)18(26)14-4-5-15(22)16(23)11-14/h2-5,10-11,13H,6-9H2,1H3. The van der Waals surface area contributed by atoms with Crippen molar-refractivity contribution in [2.45, 2.75) is 19.8 Å². The van der Waals surface area contributed by atoms with Crippen molar-refractivity contribution < 1.29 is 9.59 Å². The highest BCUT2D eigenvalue weighted by molar-refractivity contribution is 7.22. The van der Waals surface area contributed by atoms with Gasteiger partial charge in [-0.1, -0.05) is 29.3 Å².